The summed E-state index contributed by atoms with van der Waals surface area (Å²) in [6, 6.07) is 6.63. The fraction of sp³-hybridized carbons (Fsp3) is 0.385. The van der Waals surface area contributed by atoms with Gasteiger partial charge in [0.05, 0.1) is 0 Å². The molecule has 5 heteroatoms. The number of carbonyl (C=O) groups is 2. The molecule has 0 saturated heterocycles. The summed E-state index contributed by atoms with van der Waals surface area (Å²) in [5, 5.41) is 11.9. The first-order valence-corrected chi connectivity index (χ1v) is 5.85. The SMILES string of the molecule is CC(NC1CC(=O)N(C)c2ccccc21)C(=O)O. The van der Waals surface area contributed by atoms with Crippen LogP contribution in [0.2, 0.25) is 0 Å². The molecule has 5 nitrogen and oxygen atoms in total. The van der Waals surface area contributed by atoms with E-state index in [0.717, 1.165) is 11.3 Å². The minimum atomic E-state index is -0.918. The summed E-state index contributed by atoms with van der Waals surface area (Å²) in [5.41, 5.74) is 1.80. The molecule has 0 bridgehead atoms. The van der Waals surface area contributed by atoms with Gasteiger partial charge in [0.25, 0.3) is 0 Å². The van der Waals surface area contributed by atoms with Gasteiger partial charge in [-0.15, -0.1) is 0 Å². The van der Waals surface area contributed by atoms with Crippen molar-refractivity contribution in [1.82, 2.24) is 5.32 Å². The highest BCUT2D eigenvalue weighted by atomic mass is 16.4. The van der Waals surface area contributed by atoms with Gasteiger partial charge in [-0.1, -0.05) is 18.2 Å². The van der Waals surface area contributed by atoms with Gasteiger partial charge in [-0.25, -0.2) is 0 Å². The first-order valence-electron chi connectivity index (χ1n) is 5.85. The molecule has 0 aliphatic carbocycles. The number of amides is 1. The lowest BCUT2D eigenvalue weighted by molar-refractivity contribution is -0.139. The third kappa shape index (κ3) is 2.22. The van der Waals surface area contributed by atoms with Crippen molar-refractivity contribution in [2.75, 3.05) is 11.9 Å². The number of carboxylic acids is 1. The zero-order valence-corrected chi connectivity index (χ0v) is 10.4. The summed E-state index contributed by atoms with van der Waals surface area (Å²) >= 11 is 0. The van der Waals surface area contributed by atoms with Crippen LogP contribution in [0, 0.1) is 0 Å². The van der Waals surface area contributed by atoms with Crippen LogP contribution in [0.4, 0.5) is 5.69 Å². The average Bonchev–Trinajstić information content (AvgIpc) is 2.35. The predicted molar refractivity (Wildman–Crippen MR) is 67.4 cm³/mol. The molecule has 2 atom stereocenters. The van der Waals surface area contributed by atoms with E-state index in [1.807, 2.05) is 24.3 Å². The molecule has 1 heterocycles. The Kier molecular flexibility index (Phi) is 3.34. The van der Waals surface area contributed by atoms with Crippen LogP contribution < -0.4 is 10.2 Å². The molecule has 2 rings (SSSR count). The van der Waals surface area contributed by atoms with Crippen molar-refractivity contribution < 1.29 is 14.7 Å². The highest BCUT2D eigenvalue weighted by Crippen LogP contribution is 2.33. The molecule has 2 N–H and O–H groups in total. The van der Waals surface area contributed by atoms with Crippen LogP contribution in [0.15, 0.2) is 24.3 Å². The van der Waals surface area contributed by atoms with E-state index in [-0.39, 0.29) is 18.4 Å². The van der Waals surface area contributed by atoms with Crippen molar-refractivity contribution in [2.24, 2.45) is 0 Å². The molecular formula is C13H16N2O3. The molecule has 0 spiro atoms. The van der Waals surface area contributed by atoms with Crippen molar-refractivity contribution in [3.05, 3.63) is 29.8 Å². The first-order chi connectivity index (χ1) is 8.50. The van der Waals surface area contributed by atoms with Gasteiger partial charge in [0, 0.05) is 25.2 Å². The van der Waals surface area contributed by atoms with Crippen LogP contribution in [0.25, 0.3) is 0 Å². The Balaban J connectivity index is 2.30. The Morgan fingerprint density at radius 1 is 1.50 bits per heavy atom. The number of aliphatic carboxylic acids is 1. The fourth-order valence-electron chi connectivity index (χ4n) is 2.17. The molecule has 1 aliphatic heterocycles. The van der Waals surface area contributed by atoms with E-state index in [0.29, 0.717) is 0 Å². The zero-order chi connectivity index (χ0) is 13.3. The lowest BCUT2D eigenvalue weighted by Gasteiger charge is -2.33. The molecule has 1 aliphatic rings. The Labute approximate surface area is 105 Å². The van der Waals surface area contributed by atoms with Gasteiger partial charge in [-0.05, 0) is 18.6 Å². The van der Waals surface area contributed by atoms with Crippen molar-refractivity contribution in [3.8, 4) is 0 Å². The number of benzene rings is 1. The lowest BCUT2D eigenvalue weighted by atomic mass is 9.95. The summed E-state index contributed by atoms with van der Waals surface area (Å²) in [4.78, 5) is 24.3. The maximum Gasteiger partial charge on any atom is 0.320 e. The highest BCUT2D eigenvalue weighted by molar-refractivity contribution is 5.96. The monoisotopic (exact) mass is 248 g/mol. The van der Waals surface area contributed by atoms with E-state index < -0.39 is 12.0 Å². The topological polar surface area (TPSA) is 69.6 Å². The quantitative estimate of drug-likeness (QED) is 0.842. The highest BCUT2D eigenvalue weighted by Gasteiger charge is 2.30. The first kappa shape index (κ1) is 12.6. The van der Waals surface area contributed by atoms with Crippen molar-refractivity contribution in [2.45, 2.75) is 25.4 Å². The van der Waals surface area contributed by atoms with Gasteiger partial charge in [-0.3, -0.25) is 14.9 Å². The van der Waals surface area contributed by atoms with Gasteiger partial charge >= 0.3 is 5.97 Å². The zero-order valence-electron chi connectivity index (χ0n) is 10.4. The van der Waals surface area contributed by atoms with Crippen LogP contribution in [-0.4, -0.2) is 30.1 Å². The molecule has 18 heavy (non-hydrogen) atoms. The third-order valence-electron chi connectivity index (χ3n) is 3.25. The van der Waals surface area contributed by atoms with E-state index in [1.165, 1.54) is 0 Å². The number of nitrogens with one attached hydrogen (secondary N) is 1. The van der Waals surface area contributed by atoms with Gasteiger partial charge in [0.15, 0.2) is 0 Å². The second kappa shape index (κ2) is 4.78. The molecule has 2 unspecified atom stereocenters. The number of nitrogens with zero attached hydrogens (tertiary/aromatic N) is 1. The molecule has 96 valence electrons. The number of fused-ring (bicyclic) bond motifs is 1. The minimum Gasteiger partial charge on any atom is -0.480 e. The standard InChI is InChI=1S/C13H16N2O3/c1-8(13(17)18)14-10-7-12(16)15(2)11-6-4-3-5-9(10)11/h3-6,8,10,14H,7H2,1-2H3,(H,17,18). The Bertz CT molecular complexity index is 487. The molecular weight excluding hydrogens is 232 g/mol. The molecule has 1 amide bonds. The van der Waals surface area contributed by atoms with Crippen molar-refractivity contribution in [3.63, 3.8) is 0 Å². The maximum absolute atomic E-state index is 11.9. The van der Waals surface area contributed by atoms with Gasteiger partial charge in [-0.2, -0.15) is 0 Å². The number of carbonyl (C=O) groups excluding carboxylic acids is 1. The molecule has 0 aromatic heterocycles. The number of hydrogen-bond donors (Lipinski definition) is 2. The average molecular weight is 248 g/mol. The number of hydrogen-bond acceptors (Lipinski definition) is 3. The van der Waals surface area contributed by atoms with Crippen LogP contribution in [0.1, 0.15) is 24.9 Å². The van der Waals surface area contributed by atoms with Gasteiger partial charge in [0.2, 0.25) is 5.91 Å². The van der Waals surface area contributed by atoms with Crippen LogP contribution >= 0.6 is 0 Å². The minimum absolute atomic E-state index is 0.0104. The van der Waals surface area contributed by atoms with Gasteiger partial charge < -0.3 is 10.0 Å². The van der Waals surface area contributed by atoms with Crippen molar-refractivity contribution in [1.29, 1.82) is 0 Å². The molecule has 0 fully saturated rings. The predicted octanol–water partition coefficient (Wildman–Crippen LogP) is 1.16. The molecule has 0 saturated carbocycles. The van der Waals surface area contributed by atoms with E-state index >= 15 is 0 Å². The number of carboxylic acid groups (broad SMARTS) is 1. The normalized spacial score (nSPS) is 20.4. The number of anilines is 1. The second-order valence-electron chi connectivity index (χ2n) is 4.49. The summed E-state index contributed by atoms with van der Waals surface area (Å²) in [5.74, 6) is -0.928. The molecule has 1 aromatic rings. The largest absolute Gasteiger partial charge is 0.480 e. The fourth-order valence-corrected chi connectivity index (χ4v) is 2.17. The number of rotatable bonds is 3. The summed E-state index contributed by atoms with van der Waals surface area (Å²) in [6.45, 7) is 1.58. The molecule has 0 radical (unpaired) electrons. The lowest BCUT2D eigenvalue weighted by Crippen LogP contribution is -2.43. The van der Waals surface area contributed by atoms with Crippen LogP contribution in [0.3, 0.4) is 0 Å². The van der Waals surface area contributed by atoms with E-state index in [9.17, 15) is 9.59 Å². The van der Waals surface area contributed by atoms with Crippen molar-refractivity contribution >= 4 is 17.6 Å². The Morgan fingerprint density at radius 2 is 2.17 bits per heavy atom. The summed E-state index contributed by atoms with van der Waals surface area (Å²) < 4.78 is 0. The maximum atomic E-state index is 11.9. The smallest absolute Gasteiger partial charge is 0.320 e. The number of para-hydroxylation sites is 1. The van der Waals surface area contributed by atoms with Gasteiger partial charge in [0.1, 0.15) is 6.04 Å². The van der Waals surface area contributed by atoms with E-state index in [2.05, 4.69) is 5.32 Å². The van der Waals surface area contributed by atoms with E-state index in [4.69, 9.17) is 5.11 Å². The van der Waals surface area contributed by atoms with Crippen LogP contribution in [0.5, 0.6) is 0 Å². The van der Waals surface area contributed by atoms with Crippen LogP contribution in [-0.2, 0) is 9.59 Å². The molecule has 1 aromatic carbocycles. The third-order valence-corrected chi connectivity index (χ3v) is 3.25. The van der Waals surface area contributed by atoms with E-state index in [1.54, 1.807) is 18.9 Å². The Hall–Kier alpha value is -1.88. The Morgan fingerprint density at radius 3 is 2.83 bits per heavy atom. The second-order valence-corrected chi connectivity index (χ2v) is 4.49. The summed E-state index contributed by atoms with van der Waals surface area (Å²) in [6.07, 6.45) is 0.283. The summed E-state index contributed by atoms with van der Waals surface area (Å²) in [7, 11) is 1.73.